The standard InChI is InChI=1S/C12H14FN/c1-8(2)10-5-6-12(14-4)11(7-10)9(3)13/h5-8H,3-4H2,1-2H3. The van der Waals surface area contributed by atoms with E-state index in [0.29, 0.717) is 17.2 Å². The first-order valence-electron chi connectivity index (χ1n) is 4.51. The SMILES string of the molecule is C=Nc1ccc(C(C)C)cc1C(=C)F. The summed E-state index contributed by atoms with van der Waals surface area (Å²) in [4.78, 5) is 3.74. The highest BCUT2D eigenvalue weighted by Gasteiger charge is 2.07. The molecule has 1 rings (SSSR count). The number of aliphatic imine (C=N–C) groups is 1. The van der Waals surface area contributed by atoms with E-state index in [9.17, 15) is 4.39 Å². The summed E-state index contributed by atoms with van der Waals surface area (Å²) in [5.41, 5.74) is 2.05. The minimum atomic E-state index is -0.463. The Labute approximate surface area is 84.0 Å². The molecule has 2 heteroatoms. The van der Waals surface area contributed by atoms with Crippen molar-refractivity contribution in [3.8, 4) is 0 Å². The van der Waals surface area contributed by atoms with Crippen molar-refractivity contribution < 1.29 is 4.39 Å². The molecule has 0 spiro atoms. The van der Waals surface area contributed by atoms with Gasteiger partial charge in [0.2, 0.25) is 0 Å². The molecule has 0 saturated carbocycles. The Hall–Kier alpha value is -1.44. The van der Waals surface area contributed by atoms with Crippen molar-refractivity contribution in [2.45, 2.75) is 19.8 Å². The zero-order chi connectivity index (χ0) is 10.7. The molecule has 0 aliphatic carbocycles. The smallest absolute Gasteiger partial charge is 0.125 e. The second-order valence-corrected chi connectivity index (χ2v) is 3.49. The van der Waals surface area contributed by atoms with Crippen LogP contribution in [0.1, 0.15) is 30.9 Å². The Balaban J connectivity index is 3.27. The third kappa shape index (κ3) is 2.08. The summed E-state index contributed by atoms with van der Waals surface area (Å²) in [6.45, 7) is 10.8. The second kappa shape index (κ2) is 4.18. The number of benzene rings is 1. The van der Waals surface area contributed by atoms with Crippen LogP contribution in [0.15, 0.2) is 29.8 Å². The molecular weight excluding hydrogens is 177 g/mol. The molecule has 0 unspecified atom stereocenters. The van der Waals surface area contributed by atoms with Crippen molar-refractivity contribution in [2.24, 2.45) is 4.99 Å². The van der Waals surface area contributed by atoms with Gasteiger partial charge >= 0.3 is 0 Å². The number of hydrogen-bond donors (Lipinski definition) is 0. The molecule has 0 bridgehead atoms. The third-order valence-corrected chi connectivity index (χ3v) is 2.15. The quantitative estimate of drug-likeness (QED) is 0.638. The molecule has 0 aromatic heterocycles. The van der Waals surface area contributed by atoms with Crippen LogP contribution in [-0.4, -0.2) is 6.72 Å². The number of nitrogens with zero attached hydrogens (tertiary/aromatic N) is 1. The predicted octanol–water partition coefficient (Wildman–Crippen LogP) is 4.08. The lowest BCUT2D eigenvalue weighted by molar-refractivity contribution is 0.762. The summed E-state index contributed by atoms with van der Waals surface area (Å²) in [5.74, 6) is -0.0955. The first-order valence-corrected chi connectivity index (χ1v) is 4.51. The van der Waals surface area contributed by atoms with Crippen LogP contribution < -0.4 is 0 Å². The van der Waals surface area contributed by atoms with Crippen LogP contribution in [0.4, 0.5) is 10.1 Å². The van der Waals surface area contributed by atoms with Crippen molar-refractivity contribution in [3.63, 3.8) is 0 Å². The maximum absolute atomic E-state index is 13.0. The van der Waals surface area contributed by atoms with Crippen LogP contribution in [-0.2, 0) is 0 Å². The van der Waals surface area contributed by atoms with Crippen molar-refractivity contribution in [2.75, 3.05) is 0 Å². The van der Waals surface area contributed by atoms with E-state index >= 15 is 0 Å². The topological polar surface area (TPSA) is 12.4 Å². The maximum Gasteiger partial charge on any atom is 0.125 e. The summed E-state index contributed by atoms with van der Waals surface area (Å²) in [7, 11) is 0. The summed E-state index contributed by atoms with van der Waals surface area (Å²) in [5, 5.41) is 0. The first-order chi connectivity index (χ1) is 6.56. The molecule has 0 amide bonds. The molecule has 0 aliphatic rings. The fourth-order valence-electron chi connectivity index (χ4n) is 1.27. The fourth-order valence-corrected chi connectivity index (χ4v) is 1.27. The molecule has 1 aromatic rings. The van der Waals surface area contributed by atoms with Gasteiger partial charge in [-0.3, -0.25) is 4.99 Å². The maximum atomic E-state index is 13.0. The highest BCUT2D eigenvalue weighted by molar-refractivity contribution is 5.71. The Bertz CT molecular complexity index is 367. The summed E-state index contributed by atoms with van der Waals surface area (Å²) in [6, 6.07) is 5.47. The lowest BCUT2D eigenvalue weighted by Gasteiger charge is -2.09. The van der Waals surface area contributed by atoms with Gasteiger partial charge in [-0.2, -0.15) is 0 Å². The van der Waals surface area contributed by atoms with Gasteiger partial charge in [-0.25, -0.2) is 4.39 Å². The van der Waals surface area contributed by atoms with Crippen molar-refractivity contribution in [1.82, 2.24) is 0 Å². The van der Waals surface area contributed by atoms with Gasteiger partial charge < -0.3 is 0 Å². The van der Waals surface area contributed by atoms with Gasteiger partial charge in [0.25, 0.3) is 0 Å². The lowest BCUT2D eigenvalue weighted by Crippen LogP contribution is -1.89. The van der Waals surface area contributed by atoms with Gasteiger partial charge in [-0.1, -0.05) is 26.5 Å². The monoisotopic (exact) mass is 191 g/mol. The second-order valence-electron chi connectivity index (χ2n) is 3.49. The van der Waals surface area contributed by atoms with E-state index in [1.54, 1.807) is 12.1 Å². The predicted molar refractivity (Wildman–Crippen MR) is 59.9 cm³/mol. The molecule has 0 atom stereocenters. The highest BCUT2D eigenvalue weighted by Crippen LogP contribution is 2.29. The van der Waals surface area contributed by atoms with Crippen LogP contribution in [0.25, 0.3) is 5.83 Å². The van der Waals surface area contributed by atoms with Gasteiger partial charge in [-0.05, 0) is 30.3 Å². The molecule has 0 aliphatic heterocycles. The number of rotatable bonds is 3. The van der Waals surface area contributed by atoms with Gasteiger partial charge in [0, 0.05) is 5.56 Å². The zero-order valence-electron chi connectivity index (χ0n) is 8.55. The van der Waals surface area contributed by atoms with Crippen molar-refractivity contribution >= 4 is 18.2 Å². The molecule has 0 heterocycles. The Morgan fingerprint density at radius 3 is 2.50 bits per heavy atom. The summed E-state index contributed by atoms with van der Waals surface area (Å²) in [6.07, 6.45) is 0. The normalized spacial score (nSPS) is 10.3. The van der Waals surface area contributed by atoms with Gasteiger partial charge in [0.15, 0.2) is 0 Å². The first kappa shape index (κ1) is 10.6. The van der Waals surface area contributed by atoms with E-state index in [4.69, 9.17) is 0 Å². The molecule has 1 nitrogen and oxygen atoms in total. The average Bonchev–Trinajstić information content (AvgIpc) is 2.16. The van der Waals surface area contributed by atoms with Crippen LogP contribution in [0.5, 0.6) is 0 Å². The number of hydrogen-bond acceptors (Lipinski definition) is 1. The van der Waals surface area contributed by atoms with E-state index in [-0.39, 0.29) is 0 Å². The lowest BCUT2D eigenvalue weighted by atomic mass is 9.99. The van der Waals surface area contributed by atoms with E-state index in [0.717, 1.165) is 5.56 Å². The molecular formula is C12H14FN. The van der Waals surface area contributed by atoms with E-state index < -0.39 is 5.83 Å². The van der Waals surface area contributed by atoms with Crippen LogP contribution in [0, 0.1) is 0 Å². The van der Waals surface area contributed by atoms with Crippen LogP contribution in [0.2, 0.25) is 0 Å². The van der Waals surface area contributed by atoms with Gasteiger partial charge in [0.05, 0.1) is 5.69 Å². The van der Waals surface area contributed by atoms with Gasteiger partial charge in [-0.15, -0.1) is 0 Å². The van der Waals surface area contributed by atoms with E-state index in [2.05, 4.69) is 32.1 Å². The average molecular weight is 191 g/mol. The van der Waals surface area contributed by atoms with Crippen LogP contribution in [0.3, 0.4) is 0 Å². The molecule has 0 N–H and O–H groups in total. The Morgan fingerprint density at radius 2 is 2.07 bits per heavy atom. The van der Waals surface area contributed by atoms with E-state index in [1.165, 1.54) is 0 Å². The summed E-state index contributed by atoms with van der Waals surface area (Å²) >= 11 is 0. The largest absolute Gasteiger partial charge is 0.264 e. The molecule has 0 radical (unpaired) electrons. The fraction of sp³-hybridized carbons (Fsp3) is 0.250. The van der Waals surface area contributed by atoms with Gasteiger partial charge in [0.1, 0.15) is 5.83 Å². The summed E-state index contributed by atoms with van der Waals surface area (Å²) < 4.78 is 13.0. The molecule has 14 heavy (non-hydrogen) atoms. The Morgan fingerprint density at radius 1 is 1.43 bits per heavy atom. The molecule has 1 aromatic carbocycles. The molecule has 0 saturated heterocycles. The Kier molecular flexibility index (Phi) is 3.18. The minimum absolute atomic E-state index is 0.368. The van der Waals surface area contributed by atoms with E-state index in [1.807, 2.05) is 6.07 Å². The molecule has 74 valence electrons. The van der Waals surface area contributed by atoms with Crippen molar-refractivity contribution in [1.29, 1.82) is 0 Å². The minimum Gasteiger partial charge on any atom is -0.264 e. The number of halogens is 1. The zero-order valence-corrected chi connectivity index (χ0v) is 8.55. The molecule has 0 fully saturated rings. The van der Waals surface area contributed by atoms with Crippen molar-refractivity contribution in [3.05, 3.63) is 35.9 Å². The highest BCUT2D eigenvalue weighted by atomic mass is 19.1. The third-order valence-electron chi connectivity index (χ3n) is 2.15. The van der Waals surface area contributed by atoms with Crippen LogP contribution >= 0.6 is 0 Å².